The predicted octanol–water partition coefficient (Wildman–Crippen LogP) is 1.96. The van der Waals surface area contributed by atoms with Crippen molar-refractivity contribution >= 4 is 5.91 Å². The van der Waals surface area contributed by atoms with Gasteiger partial charge in [0, 0.05) is 18.7 Å². The zero-order valence-corrected chi connectivity index (χ0v) is 14.2. The molecule has 0 bridgehead atoms. The largest absolute Gasteiger partial charge is 0.365 e. The van der Waals surface area contributed by atoms with Gasteiger partial charge in [0.1, 0.15) is 5.82 Å². The van der Waals surface area contributed by atoms with Crippen molar-refractivity contribution < 1.29 is 9.18 Å². The van der Waals surface area contributed by atoms with E-state index < -0.39 is 5.91 Å². The van der Waals surface area contributed by atoms with Crippen LogP contribution in [-0.4, -0.2) is 22.2 Å². The maximum Gasteiger partial charge on any atom is 0.252 e. The molecule has 5 nitrogen and oxygen atoms in total. The Labute approximate surface area is 146 Å². The summed E-state index contributed by atoms with van der Waals surface area (Å²) in [7, 11) is 0. The first-order valence-corrected chi connectivity index (χ1v) is 8.98. The number of benzene rings is 1. The topological polar surface area (TPSA) is 72.9 Å². The van der Waals surface area contributed by atoms with E-state index in [9.17, 15) is 9.18 Å². The van der Waals surface area contributed by atoms with Gasteiger partial charge in [-0.05, 0) is 55.7 Å². The van der Waals surface area contributed by atoms with Gasteiger partial charge in [-0.1, -0.05) is 12.1 Å². The van der Waals surface area contributed by atoms with Crippen molar-refractivity contribution in [1.82, 2.24) is 15.1 Å². The number of carbonyl (C=O) groups is 1. The quantitative estimate of drug-likeness (QED) is 0.872. The minimum Gasteiger partial charge on any atom is -0.365 e. The number of amides is 1. The number of fused-ring (bicyclic) bond motifs is 2. The summed E-state index contributed by atoms with van der Waals surface area (Å²) in [6.07, 6.45) is 6.24. The van der Waals surface area contributed by atoms with Crippen LogP contribution in [0.15, 0.2) is 18.3 Å². The van der Waals surface area contributed by atoms with Crippen molar-refractivity contribution in [1.29, 1.82) is 0 Å². The van der Waals surface area contributed by atoms with Gasteiger partial charge in [-0.15, -0.1) is 0 Å². The Bertz CT molecular complexity index is 814. The number of halogens is 1. The van der Waals surface area contributed by atoms with E-state index in [-0.39, 0.29) is 5.82 Å². The normalized spacial score (nSPS) is 18.8. The summed E-state index contributed by atoms with van der Waals surface area (Å²) in [5.41, 5.74) is 9.69. The summed E-state index contributed by atoms with van der Waals surface area (Å²) in [6.45, 7) is 2.12. The molecule has 3 N–H and O–H groups in total. The molecule has 0 saturated carbocycles. The second-order valence-corrected chi connectivity index (χ2v) is 7.11. The minimum absolute atomic E-state index is 0.0276. The molecule has 1 aliphatic carbocycles. The lowest BCUT2D eigenvalue weighted by Crippen LogP contribution is -2.30. The first kappa shape index (κ1) is 16.3. The first-order valence-electron chi connectivity index (χ1n) is 8.98. The molecule has 2 heterocycles. The summed E-state index contributed by atoms with van der Waals surface area (Å²) in [4.78, 5) is 11.5. The number of carbonyl (C=O) groups excluding carboxylic acids is 1. The molecule has 25 heavy (non-hydrogen) atoms. The second kappa shape index (κ2) is 6.59. The third-order valence-electron chi connectivity index (χ3n) is 5.49. The molecule has 2 aliphatic rings. The summed E-state index contributed by atoms with van der Waals surface area (Å²) in [6, 6.07) is 3.98. The van der Waals surface area contributed by atoms with Gasteiger partial charge in [-0.2, -0.15) is 5.10 Å². The molecule has 4 rings (SSSR count). The molecule has 1 atom stereocenters. The van der Waals surface area contributed by atoms with Gasteiger partial charge in [0.25, 0.3) is 5.91 Å². The van der Waals surface area contributed by atoms with Crippen LogP contribution in [0.5, 0.6) is 0 Å². The SMILES string of the molecule is NC(=O)c1cnn2c1CC(CNCc1ccc3c(c1F)CCC3)CC2. The van der Waals surface area contributed by atoms with Crippen LogP contribution in [0.1, 0.15) is 45.6 Å². The molecule has 1 amide bonds. The number of primary amides is 1. The molecule has 0 spiro atoms. The van der Waals surface area contributed by atoms with Crippen molar-refractivity contribution in [2.24, 2.45) is 11.7 Å². The van der Waals surface area contributed by atoms with Gasteiger partial charge < -0.3 is 11.1 Å². The average molecular weight is 342 g/mol. The van der Waals surface area contributed by atoms with Crippen LogP contribution in [0, 0.1) is 11.7 Å². The maximum absolute atomic E-state index is 14.5. The van der Waals surface area contributed by atoms with E-state index >= 15 is 0 Å². The molecule has 1 aliphatic heterocycles. The number of hydrogen-bond acceptors (Lipinski definition) is 3. The van der Waals surface area contributed by atoms with Crippen LogP contribution >= 0.6 is 0 Å². The zero-order valence-electron chi connectivity index (χ0n) is 14.2. The van der Waals surface area contributed by atoms with Gasteiger partial charge in [0.15, 0.2) is 0 Å². The third-order valence-corrected chi connectivity index (χ3v) is 5.49. The van der Waals surface area contributed by atoms with E-state index in [4.69, 9.17) is 5.73 Å². The van der Waals surface area contributed by atoms with Gasteiger partial charge in [0.05, 0.1) is 17.5 Å². The van der Waals surface area contributed by atoms with E-state index in [1.165, 1.54) is 5.56 Å². The van der Waals surface area contributed by atoms with Crippen molar-refractivity contribution in [2.75, 3.05) is 6.54 Å². The number of nitrogens with zero attached hydrogens (tertiary/aromatic N) is 2. The highest BCUT2D eigenvalue weighted by Crippen LogP contribution is 2.27. The fourth-order valence-electron chi connectivity index (χ4n) is 4.10. The Hall–Kier alpha value is -2.21. The highest BCUT2D eigenvalue weighted by molar-refractivity contribution is 5.93. The smallest absolute Gasteiger partial charge is 0.252 e. The van der Waals surface area contributed by atoms with Gasteiger partial charge in [-0.3, -0.25) is 9.48 Å². The number of aromatic nitrogens is 2. The van der Waals surface area contributed by atoms with Crippen molar-refractivity contribution in [3.05, 3.63) is 52.1 Å². The van der Waals surface area contributed by atoms with E-state index in [2.05, 4.69) is 16.5 Å². The lowest BCUT2D eigenvalue weighted by molar-refractivity contribution is 0.0998. The first-order chi connectivity index (χ1) is 12.1. The number of aryl methyl sites for hydroxylation is 2. The number of hydrogen-bond donors (Lipinski definition) is 2. The summed E-state index contributed by atoms with van der Waals surface area (Å²) < 4.78 is 16.4. The van der Waals surface area contributed by atoms with Crippen molar-refractivity contribution in [2.45, 2.75) is 45.2 Å². The van der Waals surface area contributed by atoms with E-state index in [0.29, 0.717) is 18.0 Å². The fraction of sp³-hybridized carbons (Fsp3) is 0.474. The molecule has 6 heteroatoms. The molecular weight excluding hydrogens is 319 g/mol. The van der Waals surface area contributed by atoms with Crippen LogP contribution in [0.25, 0.3) is 0 Å². The van der Waals surface area contributed by atoms with Gasteiger partial charge in [0.2, 0.25) is 0 Å². The highest BCUT2D eigenvalue weighted by Gasteiger charge is 2.24. The standard InChI is InChI=1S/C19H23FN4O/c20-18-14(5-4-13-2-1-3-15(13)18)10-22-9-12-6-7-24-17(8-12)16(11-23-24)19(21)25/h4-5,11-12,22H,1-3,6-10H2,(H2,21,25). The van der Waals surface area contributed by atoms with E-state index in [1.54, 1.807) is 6.20 Å². The second-order valence-electron chi connectivity index (χ2n) is 7.11. The molecule has 132 valence electrons. The van der Waals surface area contributed by atoms with Gasteiger partial charge in [-0.25, -0.2) is 4.39 Å². The molecule has 0 radical (unpaired) electrons. The lowest BCUT2D eigenvalue weighted by Gasteiger charge is -2.24. The average Bonchev–Trinajstić information content (AvgIpc) is 3.23. The zero-order chi connectivity index (χ0) is 17.4. The van der Waals surface area contributed by atoms with Crippen LogP contribution in [0.2, 0.25) is 0 Å². The summed E-state index contributed by atoms with van der Waals surface area (Å²) in [5.74, 6) is -0.0462. The van der Waals surface area contributed by atoms with E-state index in [1.807, 2.05) is 10.7 Å². The summed E-state index contributed by atoms with van der Waals surface area (Å²) in [5, 5.41) is 7.62. The lowest BCUT2D eigenvalue weighted by atomic mass is 9.94. The third kappa shape index (κ3) is 3.06. The summed E-state index contributed by atoms with van der Waals surface area (Å²) >= 11 is 0. The molecule has 1 aromatic carbocycles. The molecular formula is C19H23FN4O. The van der Waals surface area contributed by atoms with E-state index in [0.717, 1.165) is 62.0 Å². The van der Waals surface area contributed by atoms with Crippen LogP contribution in [-0.2, 0) is 32.4 Å². The van der Waals surface area contributed by atoms with Crippen LogP contribution in [0.3, 0.4) is 0 Å². The Kier molecular flexibility index (Phi) is 4.29. The van der Waals surface area contributed by atoms with Crippen LogP contribution < -0.4 is 11.1 Å². The number of rotatable bonds is 5. The van der Waals surface area contributed by atoms with Crippen LogP contribution in [0.4, 0.5) is 4.39 Å². The molecule has 2 aromatic rings. The number of nitrogens with one attached hydrogen (secondary N) is 1. The minimum atomic E-state index is -0.421. The Morgan fingerprint density at radius 3 is 3.12 bits per heavy atom. The molecule has 1 unspecified atom stereocenters. The van der Waals surface area contributed by atoms with Crippen molar-refractivity contribution in [3.8, 4) is 0 Å². The Morgan fingerprint density at radius 1 is 1.40 bits per heavy atom. The molecule has 0 saturated heterocycles. The maximum atomic E-state index is 14.5. The molecule has 0 fully saturated rings. The molecule has 1 aromatic heterocycles. The number of nitrogens with two attached hydrogens (primary N) is 1. The fourth-order valence-corrected chi connectivity index (χ4v) is 4.10. The Morgan fingerprint density at radius 2 is 2.28 bits per heavy atom. The predicted molar refractivity (Wildman–Crippen MR) is 92.7 cm³/mol. The van der Waals surface area contributed by atoms with Crippen molar-refractivity contribution in [3.63, 3.8) is 0 Å². The Balaban J connectivity index is 1.37. The monoisotopic (exact) mass is 342 g/mol. The van der Waals surface area contributed by atoms with Gasteiger partial charge >= 0.3 is 0 Å². The highest BCUT2D eigenvalue weighted by atomic mass is 19.1.